The van der Waals surface area contributed by atoms with Gasteiger partial charge in [0.05, 0.1) is 0 Å². The average Bonchev–Trinajstić information content (AvgIpc) is 2.09. The summed E-state index contributed by atoms with van der Waals surface area (Å²) in [6.45, 7) is 11.9. The maximum absolute atomic E-state index is 3.39. The van der Waals surface area contributed by atoms with Crippen LogP contribution in [-0.4, -0.2) is 38.8 Å². The van der Waals surface area contributed by atoms with E-state index in [0.717, 1.165) is 32.7 Å². The monoisotopic (exact) mass is 187 g/mol. The lowest BCUT2D eigenvalue weighted by atomic mass is 10.3. The van der Waals surface area contributed by atoms with Crippen LogP contribution in [0.25, 0.3) is 0 Å². The summed E-state index contributed by atoms with van der Waals surface area (Å²) in [7, 11) is 0. The Balaban J connectivity index is 2.84. The van der Waals surface area contributed by atoms with Gasteiger partial charge in [-0.2, -0.15) is 0 Å². The van der Waals surface area contributed by atoms with E-state index in [-0.39, 0.29) is 0 Å². The van der Waals surface area contributed by atoms with Gasteiger partial charge in [0.2, 0.25) is 0 Å². The van der Waals surface area contributed by atoms with Crippen LogP contribution in [0.15, 0.2) is 0 Å². The van der Waals surface area contributed by atoms with Gasteiger partial charge in [0.1, 0.15) is 0 Å². The molecule has 0 aliphatic heterocycles. The number of rotatable bonds is 9. The largest absolute Gasteiger partial charge is 0.316 e. The quantitative estimate of drug-likeness (QED) is 0.462. The SMILES string of the molecule is CCNCCNCCCNC(C)C. The van der Waals surface area contributed by atoms with E-state index in [1.807, 2.05) is 0 Å². The van der Waals surface area contributed by atoms with Gasteiger partial charge in [-0.15, -0.1) is 0 Å². The van der Waals surface area contributed by atoms with Crippen molar-refractivity contribution in [2.75, 3.05) is 32.7 Å². The van der Waals surface area contributed by atoms with E-state index in [0.29, 0.717) is 6.04 Å². The molecule has 0 saturated carbocycles. The standard InChI is InChI=1S/C10H25N3/c1-4-11-8-9-12-6-5-7-13-10(2)3/h10-13H,4-9H2,1-3H3. The first-order chi connectivity index (χ1) is 6.27. The average molecular weight is 187 g/mol. The van der Waals surface area contributed by atoms with Gasteiger partial charge < -0.3 is 16.0 Å². The Morgan fingerprint density at radius 1 is 0.923 bits per heavy atom. The molecule has 0 fully saturated rings. The zero-order valence-electron chi connectivity index (χ0n) is 9.32. The molecule has 0 heterocycles. The maximum Gasteiger partial charge on any atom is 0.00767 e. The maximum atomic E-state index is 3.39. The highest BCUT2D eigenvalue weighted by molar-refractivity contribution is 4.55. The van der Waals surface area contributed by atoms with Crippen LogP contribution in [0, 0.1) is 0 Å². The second-order valence-electron chi connectivity index (χ2n) is 3.57. The van der Waals surface area contributed by atoms with Crippen molar-refractivity contribution in [1.82, 2.24) is 16.0 Å². The number of hydrogen-bond donors (Lipinski definition) is 3. The summed E-state index contributed by atoms with van der Waals surface area (Å²) in [6, 6.07) is 0.613. The van der Waals surface area contributed by atoms with E-state index < -0.39 is 0 Å². The Labute approximate surface area is 82.7 Å². The Kier molecular flexibility index (Phi) is 9.87. The van der Waals surface area contributed by atoms with Crippen molar-refractivity contribution >= 4 is 0 Å². The zero-order chi connectivity index (χ0) is 9.94. The van der Waals surface area contributed by atoms with Gasteiger partial charge >= 0.3 is 0 Å². The molecule has 0 aromatic carbocycles. The van der Waals surface area contributed by atoms with E-state index in [1.54, 1.807) is 0 Å². The molecule has 0 aliphatic carbocycles. The van der Waals surface area contributed by atoms with Crippen LogP contribution in [0.2, 0.25) is 0 Å². The first-order valence-corrected chi connectivity index (χ1v) is 5.42. The third-order valence-electron chi connectivity index (χ3n) is 1.81. The second kappa shape index (κ2) is 9.96. The molecule has 13 heavy (non-hydrogen) atoms. The van der Waals surface area contributed by atoms with Crippen LogP contribution in [0.1, 0.15) is 27.2 Å². The van der Waals surface area contributed by atoms with Gasteiger partial charge in [0.15, 0.2) is 0 Å². The van der Waals surface area contributed by atoms with Crippen molar-refractivity contribution in [3.63, 3.8) is 0 Å². The highest BCUT2D eigenvalue weighted by Gasteiger charge is 1.91. The van der Waals surface area contributed by atoms with Gasteiger partial charge in [0, 0.05) is 19.1 Å². The molecule has 80 valence electrons. The molecule has 3 heteroatoms. The molecule has 0 aromatic heterocycles. The number of nitrogens with one attached hydrogen (secondary N) is 3. The molecular weight excluding hydrogens is 162 g/mol. The number of likely N-dealkylation sites (N-methyl/N-ethyl adjacent to an activating group) is 1. The Hall–Kier alpha value is -0.120. The molecule has 0 atom stereocenters. The Morgan fingerprint density at radius 3 is 2.23 bits per heavy atom. The summed E-state index contributed by atoms with van der Waals surface area (Å²) >= 11 is 0. The highest BCUT2D eigenvalue weighted by atomic mass is 14.9. The predicted octanol–water partition coefficient (Wildman–Crippen LogP) is 0.574. The molecule has 3 N–H and O–H groups in total. The lowest BCUT2D eigenvalue weighted by molar-refractivity contribution is 0.542. The van der Waals surface area contributed by atoms with Crippen LogP contribution in [0.5, 0.6) is 0 Å². The summed E-state index contributed by atoms with van der Waals surface area (Å²) in [6.07, 6.45) is 1.21. The summed E-state index contributed by atoms with van der Waals surface area (Å²) in [4.78, 5) is 0. The van der Waals surface area contributed by atoms with Crippen molar-refractivity contribution in [3.8, 4) is 0 Å². The zero-order valence-corrected chi connectivity index (χ0v) is 9.32. The van der Waals surface area contributed by atoms with Gasteiger partial charge in [-0.05, 0) is 26.1 Å². The molecule has 0 bridgehead atoms. The van der Waals surface area contributed by atoms with Crippen LogP contribution < -0.4 is 16.0 Å². The summed E-state index contributed by atoms with van der Waals surface area (Å²) in [5, 5.41) is 10.1. The lowest BCUT2D eigenvalue weighted by Gasteiger charge is -2.08. The minimum Gasteiger partial charge on any atom is -0.316 e. The third-order valence-corrected chi connectivity index (χ3v) is 1.81. The van der Waals surface area contributed by atoms with E-state index in [1.165, 1.54) is 6.42 Å². The van der Waals surface area contributed by atoms with Crippen molar-refractivity contribution in [1.29, 1.82) is 0 Å². The van der Waals surface area contributed by atoms with Crippen molar-refractivity contribution in [2.24, 2.45) is 0 Å². The fourth-order valence-electron chi connectivity index (χ4n) is 1.08. The summed E-state index contributed by atoms with van der Waals surface area (Å²) < 4.78 is 0. The minimum absolute atomic E-state index is 0.613. The van der Waals surface area contributed by atoms with Gasteiger partial charge in [-0.25, -0.2) is 0 Å². The van der Waals surface area contributed by atoms with Crippen LogP contribution in [-0.2, 0) is 0 Å². The minimum atomic E-state index is 0.613. The highest BCUT2D eigenvalue weighted by Crippen LogP contribution is 1.78. The summed E-state index contributed by atoms with van der Waals surface area (Å²) in [5.41, 5.74) is 0. The van der Waals surface area contributed by atoms with Gasteiger partial charge in [-0.1, -0.05) is 20.8 Å². The molecule has 0 spiro atoms. The Morgan fingerprint density at radius 2 is 1.62 bits per heavy atom. The molecule has 0 saturated heterocycles. The molecule has 0 amide bonds. The normalized spacial score (nSPS) is 11.1. The van der Waals surface area contributed by atoms with Crippen LogP contribution in [0.4, 0.5) is 0 Å². The topological polar surface area (TPSA) is 36.1 Å². The molecule has 0 aliphatic rings. The first-order valence-electron chi connectivity index (χ1n) is 5.42. The molecule has 0 unspecified atom stereocenters. The molecular formula is C10H25N3. The van der Waals surface area contributed by atoms with Crippen molar-refractivity contribution in [2.45, 2.75) is 33.2 Å². The lowest BCUT2D eigenvalue weighted by Crippen LogP contribution is -2.30. The fraction of sp³-hybridized carbons (Fsp3) is 1.00. The predicted molar refractivity (Wildman–Crippen MR) is 59.2 cm³/mol. The number of hydrogen-bond acceptors (Lipinski definition) is 3. The third kappa shape index (κ3) is 11.9. The molecule has 0 radical (unpaired) electrons. The van der Waals surface area contributed by atoms with Gasteiger partial charge in [0.25, 0.3) is 0 Å². The Bertz CT molecular complexity index is 94.2. The van der Waals surface area contributed by atoms with E-state index in [9.17, 15) is 0 Å². The van der Waals surface area contributed by atoms with Crippen LogP contribution >= 0.6 is 0 Å². The molecule has 0 aromatic rings. The molecule has 3 nitrogen and oxygen atoms in total. The second-order valence-corrected chi connectivity index (χ2v) is 3.57. The van der Waals surface area contributed by atoms with E-state index >= 15 is 0 Å². The molecule has 0 rings (SSSR count). The van der Waals surface area contributed by atoms with Gasteiger partial charge in [-0.3, -0.25) is 0 Å². The fourth-order valence-corrected chi connectivity index (χ4v) is 1.08. The first kappa shape index (κ1) is 12.9. The summed E-state index contributed by atoms with van der Waals surface area (Å²) in [5.74, 6) is 0. The smallest absolute Gasteiger partial charge is 0.00767 e. The van der Waals surface area contributed by atoms with Crippen molar-refractivity contribution in [3.05, 3.63) is 0 Å². The van der Waals surface area contributed by atoms with Crippen molar-refractivity contribution < 1.29 is 0 Å². The van der Waals surface area contributed by atoms with E-state index in [2.05, 4.69) is 36.7 Å². The van der Waals surface area contributed by atoms with Crippen LogP contribution in [0.3, 0.4) is 0 Å². The van der Waals surface area contributed by atoms with E-state index in [4.69, 9.17) is 0 Å².